The number of hydrogen-bond donors (Lipinski definition) is 0. The minimum absolute atomic E-state index is 0.232. The molecule has 0 unspecified atom stereocenters. The summed E-state index contributed by atoms with van der Waals surface area (Å²) < 4.78 is 1.82. The largest absolute Gasteiger partial charge is 0.327 e. The van der Waals surface area contributed by atoms with Gasteiger partial charge in [-0.25, -0.2) is 0 Å². The van der Waals surface area contributed by atoms with Gasteiger partial charge in [-0.3, -0.25) is 4.79 Å². The molecular formula is C11H10N2OS2. The van der Waals surface area contributed by atoms with E-state index in [0.29, 0.717) is 4.80 Å². The van der Waals surface area contributed by atoms with Gasteiger partial charge in [-0.2, -0.15) is 16.3 Å². The van der Waals surface area contributed by atoms with Gasteiger partial charge in [0.25, 0.3) is 5.91 Å². The first kappa shape index (κ1) is 11.0. The van der Waals surface area contributed by atoms with Crippen molar-refractivity contribution in [3.63, 3.8) is 0 Å². The molecule has 2 aromatic heterocycles. The first-order valence-corrected chi connectivity index (χ1v) is 6.47. The highest BCUT2D eigenvalue weighted by Crippen LogP contribution is 2.07. The molecule has 3 nitrogen and oxygen atoms in total. The molecule has 0 aromatic carbocycles. The molecule has 0 aliphatic rings. The van der Waals surface area contributed by atoms with E-state index in [1.54, 1.807) is 17.4 Å². The summed E-state index contributed by atoms with van der Waals surface area (Å²) in [7, 11) is 1.87. The maximum Gasteiger partial charge on any atom is 0.272 e. The zero-order valence-electron chi connectivity index (χ0n) is 8.66. The van der Waals surface area contributed by atoms with Crippen molar-refractivity contribution in [2.24, 2.45) is 12.0 Å². The zero-order valence-corrected chi connectivity index (χ0v) is 10.3. The molecule has 0 fully saturated rings. The second-order valence-corrected chi connectivity index (χ2v) is 4.79. The van der Waals surface area contributed by atoms with Crippen LogP contribution in [0.15, 0.2) is 39.5 Å². The summed E-state index contributed by atoms with van der Waals surface area (Å²) in [5.74, 6) is -0.232. The number of thiazole rings is 1. The lowest BCUT2D eigenvalue weighted by Gasteiger charge is -1.87. The molecule has 0 bridgehead atoms. The first-order chi connectivity index (χ1) is 7.75. The van der Waals surface area contributed by atoms with E-state index in [4.69, 9.17) is 0 Å². The normalized spacial score (nSPS) is 12.4. The molecule has 0 N–H and O–H groups in total. The Balaban J connectivity index is 2.14. The molecule has 0 aliphatic carbocycles. The van der Waals surface area contributed by atoms with Crippen molar-refractivity contribution in [1.82, 2.24) is 4.57 Å². The van der Waals surface area contributed by atoms with E-state index in [-0.39, 0.29) is 5.91 Å². The zero-order chi connectivity index (χ0) is 11.4. The van der Waals surface area contributed by atoms with Gasteiger partial charge in [0.1, 0.15) is 0 Å². The van der Waals surface area contributed by atoms with E-state index in [9.17, 15) is 4.79 Å². The standard InChI is InChI=1S/C11H10N2OS2/c1-13-5-7-16-11(13)12-10(14)3-2-9-4-6-15-8-9/h2-8H,1H3/b3-2-,12-11?. The van der Waals surface area contributed by atoms with Gasteiger partial charge in [0.2, 0.25) is 0 Å². The molecule has 5 heteroatoms. The number of aromatic nitrogens is 1. The molecular weight excluding hydrogens is 240 g/mol. The molecule has 2 heterocycles. The number of rotatable bonds is 2. The van der Waals surface area contributed by atoms with Crippen LogP contribution < -0.4 is 4.80 Å². The summed E-state index contributed by atoms with van der Waals surface area (Å²) in [6.07, 6.45) is 5.14. The SMILES string of the molecule is Cn1ccsc1=NC(=O)/C=C\c1ccsc1. The Hall–Kier alpha value is -1.46. The number of aryl methyl sites for hydroxylation is 1. The van der Waals surface area contributed by atoms with Crippen LogP contribution in [-0.4, -0.2) is 10.5 Å². The van der Waals surface area contributed by atoms with Crippen LogP contribution in [-0.2, 0) is 11.8 Å². The molecule has 82 valence electrons. The van der Waals surface area contributed by atoms with Crippen LogP contribution in [0.5, 0.6) is 0 Å². The molecule has 1 amide bonds. The van der Waals surface area contributed by atoms with Crippen molar-refractivity contribution in [1.29, 1.82) is 0 Å². The monoisotopic (exact) mass is 250 g/mol. The number of nitrogens with zero attached hydrogens (tertiary/aromatic N) is 2. The average Bonchev–Trinajstić information content (AvgIpc) is 2.88. The highest BCUT2D eigenvalue weighted by Gasteiger charge is 1.94. The smallest absolute Gasteiger partial charge is 0.272 e. The topological polar surface area (TPSA) is 34.4 Å². The van der Waals surface area contributed by atoms with Gasteiger partial charge in [0, 0.05) is 24.7 Å². The molecule has 0 spiro atoms. The second kappa shape index (κ2) is 5.05. The molecule has 2 rings (SSSR count). The van der Waals surface area contributed by atoms with Gasteiger partial charge in [-0.05, 0) is 28.5 Å². The van der Waals surface area contributed by atoms with Gasteiger partial charge in [-0.15, -0.1) is 11.3 Å². The van der Waals surface area contributed by atoms with Crippen molar-refractivity contribution in [3.8, 4) is 0 Å². The summed E-state index contributed by atoms with van der Waals surface area (Å²) in [4.78, 5) is 16.2. The van der Waals surface area contributed by atoms with Crippen LogP contribution in [0.3, 0.4) is 0 Å². The van der Waals surface area contributed by atoms with E-state index < -0.39 is 0 Å². The quantitative estimate of drug-likeness (QED) is 0.753. The van der Waals surface area contributed by atoms with E-state index in [1.807, 2.05) is 40.0 Å². The Labute approximate surface area is 101 Å². The second-order valence-electron chi connectivity index (χ2n) is 3.14. The number of carbonyl (C=O) groups is 1. The molecule has 0 saturated heterocycles. The highest BCUT2D eigenvalue weighted by molar-refractivity contribution is 7.08. The molecule has 16 heavy (non-hydrogen) atoms. The van der Waals surface area contributed by atoms with Crippen LogP contribution in [0, 0.1) is 0 Å². The number of hydrogen-bond acceptors (Lipinski definition) is 3. The molecule has 0 aliphatic heterocycles. The lowest BCUT2D eigenvalue weighted by atomic mass is 10.3. The number of carbonyl (C=O) groups excluding carboxylic acids is 1. The van der Waals surface area contributed by atoms with Crippen molar-refractivity contribution in [2.45, 2.75) is 0 Å². The lowest BCUT2D eigenvalue weighted by Crippen LogP contribution is -2.11. The predicted molar refractivity (Wildman–Crippen MR) is 67.2 cm³/mol. The van der Waals surface area contributed by atoms with E-state index in [2.05, 4.69) is 4.99 Å². The van der Waals surface area contributed by atoms with Crippen LogP contribution in [0.2, 0.25) is 0 Å². The minimum Gasteiger partial charge on any atom is -0.327 e. The maximum absolute atomic E-state index is 11.5. The third-order valence-corrected chi connectivity index (χ3v) is 3.48. The van der Waals surface area contributed by atoms with Gasteiger partial charge < -0.3 is 4.57 Å². The van der Waals surface area contributed by atoms with Crippen molar-refractivity contribution in [2.75, 3.05) is 0 Å². The Bertz CT molecular complexity index is 561. The summed E-state index contributed by atoms with van der Waals surface area (Å²) in [5, 5.41) is 5.85. The lowest BCUT2D eigenvalue weighted by molar-refractivity contribution is -0.113. The summed E-state index contributed by atoms with van der Waals surface area (Å²) in [5.41, 5.74) is 1.03. The fourth-order valence-corrected chi connectivity index (χ4v) is 2.47. The van der Waals surface area contributed by atoms with E-state index in [0.717, 1.165) is 5.56 Å². The summed E-state index contributed by atoms with van der Waals surface area (Å²) in [6.45, 7) is 0. The third kappa shape index (κ3) is 2.77. The Kier molecular flexibility index (Phi) is 3.48. The Morgan fingerprint density at radius 2 is 2.38 bits per heavy atom. The average molecular weight is 250 g/mol. The van der Waals surface area contributed by atoms with E-state index >= 15 is 0 Å². The van der Waals surface area contributed by atoms with Gasteiger partial charge >= 0.3 is 0 Å². The van der Waals surface area contributed by atoms with Crippen LogP contribution in [0.25, 0.3) is 6.08 Å². The first-order valence-electron chi connectivity index (χ1n) is 4.65. The molecule has 0 atom stereocenters. The fraction of sp³-hybridized carbons (Fsp3) is 0.0909. The number of thiophene rings is 1. The summed E-state index contributed by atoms with van der Waals surface area (Å²) >= 11 is 3.05. The van der Waals surface area contributed by atoms with E-state index in [1.165, 1.54) is 17.4 Å². The van der Waals surface area contributed by atoms with Crippen LogP contribution >= 0.6 is 22.7 Å². The minimum atomic E-state index is -0.232. The fourth-order valence-electron chi connectivity index (χ4n) is 1.10. The Morgan fingerprint density at radius 3 is 3.00 bits per heavy atom. The van der Waals surface area contributed by atoms with Crippen LogP contribution in [0.1, 0.15) is 5.56 Å². The maximum atomic E-state index is 11.5. The van der Waals surface area contributed by atoms with Gasteiger partial charge in [0.05, 0.1) is 0 Å². The third-order valence-electron chi connectivity index (χ3n) is 1.93. The van der Waals surface area contributed by atoms with Crippen molar-refractivity contribution >= 4 is 34.7 Å². The van der Waals surface area contributed by atoms with Gasteiger partial charge in [0.15, 0.2) is 4.80 Å². The highest BCUT2D eigenvalue weighted by atomic mass is 32.1. The molecule has 0 radical (unpaired) electrons. The van der Waals surface area contributed by atoms with Gasteiger partial charge in [-0.1, -0.05) is 0 Å². The molecule has 2 aromatic rings. The summed E-state index contributed by atoms with van der Waals surface area (Å²) in [6, 6.07) is 1.96. The van der Waals surface area contributed by atoms with Crippen LogP contribution in [0.4, 0.5) is 0 Å². The van der Waals surface area contributed by atoms with Crippen molar-refractivity contribution in [3.05, 3.63) is 44.8 Å². The number of amides is 1. The predicted octanol–water partition coefficient (Wildman–Crippen LogP) is 2.29. The molecule has 0 saturated carbocycles. The van der Waals surface area contributed by atoms with Crippen molar-refractivity contribution < 1.29 is 4.79 Å². The Morgan fingerprint density at radius 1 is 1.50 bits per heavy atom.